The van der Waals surface area contributed by atoms with E-state index in [4.69, 9.17) is 10.2 Å². The van der Waals surface area contributed by atoms with Crippen LogP contribution in [0.4, 0.5) is 0 Å². The van der Waals surface area contributed by atoms with Gasteiger partial charge in [0.2, 0.25) is 0 Å². The Hall–Kier alpha value is -1.10. The van der Waals surface area contributed by atoms with Crippen molar-refractivity contribution in [1.82, 2.24) is 5.32 Å². The van der Waals surface area contributed by atoms with Gasteiger partial charge in [-0.15, -0.1) is 0 Å². The summed E-state index contributed by atoms with van der Waals surface area (Å²) in [5.74, 6) is -1.84. The number of carboxylic acid groups (broad SMARTS) is 2. The summed E-state index contributed by atoms with van der Waals surface area (Å²) in [4.78, 5) is 21.2. The Bertz CT molecular complexity index is 215. The van der Waals surface area contributed by atoms with E-state index in [0.717, 1.165) is 0 Å². The summed E-state index contributed by atoms with van der Waals surface area (Å²) in [5, 5.41) is 19.9. The van der Waals surface area contributed by atoms with Crippen molar-refractivity contribution in [3.63, 3.8) is 0 Å². The second-order valence-electron chi connectivity index (χ2n) is 3.75. The van der Waals surface area contributed by atoms with Gasteiger partial charge in [-0.1, -0.05) is 13.8 Å². The Balaban J connectivity index is 4.23. The first kappa shape index (κ1) is 12.9. The quantitative estimate of drug-likeness (QED) is 0.586. The Labute approximate surface area is 83.1 Å². The van der Waals surface area contributed by atoms with E-state index in [1.165, 1.54) is 6.92 Å². The Morgan fingerprint density at radius 1 is 1.14 bits per heavy atom. The highest BCUT2D eigenvalue weighted by atomic mass is 16.4. The van der Waals surface area contributed by atoms with Crippen molar-refractivity contribution in [2.45, 2.75) is 39.3 Å². The number of carbonyl (C=O) groups is 2. The van der Waals surface area contributed by atoms with Crippen molar-refractivity contribution in [2.75, 3.05) is 0 Å². The fourth-order valence-corrected chi connectivity index (χ4v) is 1.08. The fraction of sp³-hybridized carbons (Fsp3) is 0.778. The average molecular weight is 203 g/mol. The predicted molar refractivity (Wildman–Crippen MR) is 51.1 cm³/mol. The van der Waals surface area contributed by atoms with Gasteiger partial charge in [-0.2, -0.15) is 0 Å². The zero-order valence-corrected chi connectivity index (χ0v) is 8.65. The summed E-state index contributed by atoms with van der Waals surface area (Å²) in [6.45, 7) is 5.21. The van der Waals surface area contributed by atoms with Crippen LogP contribution in [0.3, 0.4) is 0 Å². The van der Waals surface area contributed by atoms with Gasteiger partial charge in [0.05, 0.1) is 0 Å². The van der Waals surface area contributed by atoms with Crippen LogP contribution in [-0.4, -0.2) is 34.2 Å². The second kappa shape index (κ2) is 5.59. The maximum absolute atomic E-state index is 10.7. The lowest BCUT2D eigenvalue weighted by molar-refractivity contribution is -0.142. The number of carboxylic acids is 2. The second-order valence-corrected chi connectivity index (χ2v) is 3.75. The lowest BCUT2D eigenvalue weighted by Crippen LogP contribution is -2.46. The minimum absolute atomic E-state index is 0.213. The zero-order valence-electron chi connectivity index (χ0n) is 8.65. The van der Waals surface area contributed by atoms with Gasteiger partial charge in [0.1, 0.15) is 12.1 Å². The molecule has 0 fully saturated rings. The topological polar surface area (TPSA) is 86.6 Å². The van der Waals surface area contributed by atoms with Crippen molar-refractivity contribution in [2.24, 2.45) is 5.92 Å². The van der Waals surface area contributed by atoms with Gasteiger partial charge in [0.25, 0.3) is 0 Å². The first-order valence-corrected chi connectivity index (χ1v) is 4.56. The molecule has 5 nitrogen and oxygen atoms in total. The Morgan fingerprint density at radius 3 is 1.93 bits per heavy atom. The highest BCUT2D eigenvalue weighted by molar-refractivity contribution is 5.77. The Morgan fingerprint density at radius 2 is 1.64 bits per heavy atom. The lowest BCUT2D eigenvalue weighted by atomic mass is 10.0. The van der Waals surface area contributed by atoms with Crippen molar-refractivity contribution in [1.29, 1.82) is 0 Å². The van der Waals surface area contributed by atoms with Crippen LogP contribution in [0.15, 0.2) is 0 Å². The van der Waals surface area contributed by atoms with E-state index in [0.29, 0.717) is 6.42 Å². The van der Waals surface area contributed by atoms with Crippen LogP contribution in [0.2, 0.25) is 0 Å². The molecule has 2 atom stereocenters. The SMILES string of the molecule is CC(C)CC(NC(C)C(=O)O)C(=O)O. The Kier molecular flexibility index (Phi) is 5.15. The number of aliphatic carboxylic acids is 2. The van der Waals surface area contributed by atoms with Crippen LogP contribution < -0.4 is 5.32 Å². The third-order valence-corrected chi connectivity index (χ3v) is 1.83. The molecule has 14 heavy (non-hydrogen) atoms. The molecule has 0 aromatic carbocycles. The molecule has 0 aromatic heterocycles. The van der Waals surface area contributed by atoms with E-state index >= 15 is 0 Å². The number of hydrogen-bond acceptors (Lipinski definition) is 3. The first-order chi connectivity index (χ1) is 6.34. The minimum atomic E-state index is -1.04. The molecule has 0 aliphatic carbocycles. The van der Waals surface area contributed by atoms with Gasteiger partial charge in [-0.05, 0) is 19.3 Å². The van der Waals surface area contributed by atoms with E-state index in [-0.39, 0.29) is 5.92 Å². The number of nitrogens with one attached hydrogen (secondary N) is 1. The summed E-state index contributed by atoms with van der Waals surface area (Å²) in [7, 11) is 0. The smallest absolute Gasteiger partial charge is 0.320 e. The average Bonchev–Trinajstić information content (AvgIpc) is 2.01. The molecule has 3 N–H and O–H groups in total. The van der Waals surface area contributed by atoms with E-state index < -0.39 is 24.0 Å². The molecule has 2 unspecified atom stereocenters. The summed E-state index contributed by atoms with van der Waals surface area (Å²) in [6.07, 6.45) is 0.424. The fourth-order valence-electron chi connectivity index (χ4n) is 1.08. The lowest BCUT2D eigenvalue weighted by Gasteiger charge is -2.18. The molecule has 0 aromatic rings. The molecule has 0 spiro atoms. The molecule has 0 aliphatic rings. The predicted octanol–water partition coefficient (Wildman–Crippen LogP) is 0.548. The minimum Gasteiger partial charge on any atom is -0.480 e. The van der Waals surface area contributed by atoms with Crippen LogP contribution in [0.25, 0.3) is 0 Å². The molecular formula is C9H17NO4. The molecule has 0 aliphatic heterocycles. The maximum Gasteiger partial charge on any atom is 0.320 e. The van der Waals surface area contributed by atoms with Crippen molar-refractivity contribution < 1.29 is 19.8 Å². The largest absolute Gasteiger partial charge is 0.480 e. The van der Waals surface area contributed by atoms with Crippen LogP contribution >= 0.6 is 0 Å². The monoisotopic (exact) mass is 203 g/mol. The normalized spacial score (nSPS) is 15.1. The van der Waals surface area contributed by atoms with Crippen LogP contribution in [-0.2, 0) is 9.59 Å². The van der Waals surface area contributed by atoms with Gasteiger partial charge >= 0.3 is 11.9 Å². The van der Waals surface area contributed by atoms with Crippen LogP contribution in [0.1, 0.15) is 27.2 Å². The zero-order chi connectivity index (χ0) is 11.3. The molecular weight excluding hydrogens is 186 g/mol. The van der Waals surface area contributed by atoms with Gasteiger partial charge < -0.3 is 10.2 Å². The summed E-state index contributed by atoms with van der Waals surface area (Å²) < 4.78 is 0. The highest BCUT2D eigenvalue weighted by Gasteiger charge is 2.23. The van der Waals surface area contributed by atoms with Crippen LogP contribution in [0, 0.1) is 5.92 Å². The van der Waals surface area contributed by atoms with E-state index in [1.807, 2.05) is 13.8 Å². The molecule has 0 saturated carbocycles. The summed E-state index contributed by atoms with van der Waals surface area (Å²) in [6, 6.07) is -1.63. The van der Waals surface area contributed by atoms with Crippen LogP contribution in [0.5, 0.6) is 0 Å². The number of rotatable bonds is 6. The standard InChI is InChI=1S/C9H17NO4/c1-5(2)4-7(9(13)14)10-6(3)8(11)12/h5-7,10H,4H2,1-3H3,(H,11,12)(H,13,14). The molecule has 0 radical (unpaired) electrons. The third kappa shape index (κ3) is 4.81. The van der Waals surface area contributed by atoms with E-state index in [9.17, 15) is 9.59 Å². The molecule has 0 saturated heterocycles. The van der Waals surface area contributed by atoms with Crippen molar-refractivity contribution in [3.8, 4) is 0 Å². The third-order valence-electron chi connectivity index (χ3n) is 1.83. The summed E-state index contributed by atoms with van der Waals surface area (Å²) in [5.41, 5.74) is 0. The molecule has 0 amide bonds. The van der Waals surface area contributed by atoms with Crippen molar-refractivity contribution >= 4 is 11.9 Å². The molecule has 0 bridgehead atoms. The molecule has 82 valence electrons. The number of hydrogen-bond donors (Lipinski definition) is 3. The van der Waals surface area contributed by atoms with Gasteiger partial charge in [-0.25, -0.2) is 0 Å². The van der Waals surface area contributed by atoms with E-state index in [2.05, 4.69) is 5.32 Å². The van der Waals surface area contributed by atoms with Gasteiger partial charge in [0, 0.05) is 0 Å². The summed E-state index contributed by atoms with van der Waals surface area (Å²) >= 11 is 0. The molecule has 5 heteroatoms. The highest BCUT2D eigenvalue weighted by Crippen LogP contribution is 2.05. The molecule has 0 heterocycles. The van der Waals surface area contributed by atoms with Gasteiger partial charge in [0.15, 0.2) is 0 Å². The first-order valence-electron chi connectivity index (χ1n) is 4.56. The maximum atomic E-state index is 10.7. The van der Waals surface area contributed by atoms with E-state index in [1.54, 1.807) is 0 Å². The van der Waals surface area contributed by atoms with Crippen molar-refractivity contribution in [3.05, 3.63) is 0 Å². The molecule has 0 rings (SSSR count). The van der Waals surface area contributed by atoms with Gasteiger partial charge in [-0.3, -0.25) is 14.9 Å².